The minimum absolute atomic E-state index is 0.232. The van der Waals surface area contributed by atoms with Crippen molar-refractivity contribution in [3.8, 4) is 0 Å². The van der Waals surface area contributed by atoms with Gasteiger partial charge in [-0.3, -0.25) is 4.90 Å². The number of alkyl halides is 1. The Kier molecular flexibility index (Phi) is 4.79. The van der Waals surface area contributed by atoms with Crippen molar-refractivity contribution < 1.29 is 0 Å². The largest absolute Gasteiger partial charge is 0.292 e. The fourth-order valence-corrected chi connectivity index (χ4v) is 2.17. The third-order valence-electron chi connectivity index (χ3n) is 3.19. The number of hydrogen-bond donors (Lipinski definition) is 0. The van der Waals surface area contributed by atoms with Gasteiger partial charge in [-0.2, -0.15) is 0 Å². The van der Waals surface area contributed by atoms with Crippen LogP contribution in [0.2, 0.25) is 0 Å². The lowest BCUT2D eigenvalue weighted by Gasteiger charge is -2.24. The summed E-state index contributed by atoms with van der Waals surface area (Å²) in [4.78, 5) is 2.27. The predicted molar refractivity (Wildman–Crippen MR) is 79.9 cm³/mol. The molecular formula is C15H24BrN. The summed E-state index contributed by atoms with van der Waals surface area (Å²) in [6, 6.07) is 4.68. The van der Waals surface area contributed by atoms with E-state index in [2.05, 4.69) is 74.6 Å². The van der Waals surface area contributed by atoms with Crippen LogP contribution in [0.5, 0.6) is 0 Å². The van der Waals surface area contributed by atoms with Gasteiger partial charge in [0.15, 0.2) is 0 Å². The second-order valence-corrected chi connectivity index (χ2v) is 6.47. The number of nitrogens with zero attached hydrogens (tertiary/aromatic N) is 1. The molecule has 0 radical (unpaired) electrons. The van der Waals surface area contributed by atoms with Crippen molar-refractivity contribution >= 4 is 15.9 Å². The zero-order chi connectivity index (χ0) is 13.2. The van der Waals surface area contributed by atoms with Crippen LogP contribution >= 0.6 is 15.9 Å². The molecule has 96 valence electrons. The first kappa shape index (κ1) is 14.7. The van der Waals surface area contributed by atoms with Crippen molar-refractivity contribution in [2.24, 2.45) is 0 Å². The molecule has 0 aliphatic heterocycles. The summed E-state index contributed by atoms with van der Waals surface area (Å²) in [6.07, 6.45) is 0. The number of benzene rings is 1. The van der Waals surface area contributed by atoms with Gasteiger partial charge in [-0.15, -0.1) is 0 Å². The molecule has 0 aliphatic rings. The standard InChI is InChI=1S/C15H24BrN/c1-11-7-13(15(3,4)5)8-12(2)14(11)9-17(6)10-16/h7-8H,9-10H2,1-6H3. The number of rotatable bonds is 3. The van der Waals surface area contributed by atoms with Crippen LogP contribution in [-0.4, -0.2) is 17.4 Å². The maximum atomic E-state index is 3.49. The van der Waals surface area contributed by atoms with Gasteiger partial charge >= 0.3 is 0 Å². The molecule has 0 atom stereocenters. The zero-order valence-corrected chi connectivity index (χ0v) is 13.5. The number of aryl methyl sites for hydroxylation is 2. The average molecular weight is 298 g/mol. The molecular weight excluding hydrogens is 274 g/mol. The monoisotopic (exact) mass is 297 g/mol. The van der Waals surface area contributed by atoms with E-state index in [1.165, 1.54) is 22.3 Å². The summed E-state index contributed by atoms with van der Waals surface area (Å²) in [6.45, 7) is 12.3. The van der Waals surface area contributed by atoms with Crippen LogP contribution in [0, 0.1) is 13.8 Å². The predicted octanol–water partition coefficient (Wildman–Crippen LogP) is 4.39. The Balaban J connectivity index is 3.11. The van der Waals surface area contributed by atoms with Crippen LogP contribution in [0.25, 0.3) is 0 Å². The Bertz CT molecular complexity index is 367. The molecule has 1 aromatic rings. The van der Waals surface area contributed by atoms with Gasteiger partial charge in [0.05, 0.1) is 5.45 Å². The first-order valence-electron chi connectivity index (χ1n) is 6.11. The molecule has 0 saturated heterocycles. The molecule has 0 spiro atoms. The minimum atomic E-state index is 0.232. The van der Waals surface area contributed by atoms with E-state index in [0.29, 0.717) is 0 Å². The molecule has 2 heteroatoms. The zero-order valence-electron chi connectivity index (χ0n) is 11.9. The van der Waals surface area contributed by atoms with E-state index in [-0.39, 0.29) is 5.41 Å². The Morgan fingerprint density at radius 1 is 1.12 bits per heavy atom. The first-order valence-corrected chi connectivity index (χ1v) is 7.23. The van der Waals surface area contributed by atoms with Crippen molar-refractivity contribution in [2.45, 2.75) is 46.6 Å². The lowest BCUT2D eigenvalue weighted by Crippen LogP contribution is -2.18. The molecule has 1 nitrogen and oxygen atoms in total. The lowest BCUT2D eigenvalue weighted by molar-refractivity contribution is 0.388. The molecule has 0 heterocycles. The molecule has 0 aliphatic carbocycles. The molecule has 0 amide bonds. The molecule has 0 N–H and O–H groups in total. The van der Waals surface area contributed by atoms with Gasteiger partial charge in [0.1, 0.15) is 0 Å². The average Bonchev–Trinajstić information content (AvgIpc) is 2.21. The molecule has 0 saturated carbocycles. The summed E-state index contributed by atoms with van der Waals surface area (Å²) in [5.41, 5.74) is 6.84. The smallest absolute Gasteiger partial charge is 0.0542 e. The summed E-state index contributed by atoms with van der Waals surface area (Å²) in [5, 5.41) is 0. The van der Waals surface area contributed by atoms with E-state index >= 15 is 0 Å². The highest BCUT2D eigenvalue weighted by Crippen LogP contribution is 2.27. The second kappa shape index (κ2) is 5.53. The second-order valence-electron chi connectivity index (χ2n) is 5.97. The third kappa shape index (κ3) is 3.82. The molecule has 0 unspecified atom stereocenters. The normalized spacial score (nSPS) is 12.2. The fourth-order valence-electron chi connectivity index (χ4n) is 1.99. The van der Waals surface area contributed by atoms with Gasteiger partial charge in [0.2, 0.25) is 0 Å². The summed E-state index contributed by atoms with van der Waals surface area (Å²) in [5.74, 6) is 0. The van der Waals surface area contributed by atoms with Crippen molar-refractivity contribution in [2.75, 3.05) is 12.5 Å². The van der Waals surface area contributed by atoms with Gasteiger partial charge < -0.3 is 0 Å². The van der Waals surface area contributed by atoms with Gasteiger partial charge in [-0.25, -0.2) is 0 Å². The highest BCUT2D eigenvalue weighted by Gasteiger charge is 2.16. The van der Waals surface area contributed by atoms with Crippen molar-refractivity contribution in [3.63, 3.8) is 0 Å². The molecule has 1 rings (SSSR count). The summed E-state index contributed by atoms with van der Waals surface area (Å²) < 4.78 is 0. The van der Waals surface area contributed by atoms with E-state index in [9.17, 15) is 0 Å². The molecule has 17 heavy (non-hydrogen) atoms. The maximum Gasteiger partial charge on any atom is 0.0542 e. The molecule has 0 bridgehead atoms. The van der Waals surface area contributed by atoms with Crippen molar-refractivity contribution in [3.05, 3.63) is 34.4 Å². The Labute approximate surface area is 114 Å². The van der Waals surface area contributed by atoms with Crippen LogP contribution in [0.3, 0.4) is 0 Å². The SMILES string of the molecule is Cc1cc(C(C)(C)C)cc(C)c1CN(C)CBr. The quantitative estimate of drug-likeness (QED) is 0.591. The number of halogens is 1. The van der Waals surface area contributed by atoms with Crippen LogP contribution in [0.15, 0.2) is 12.1 Å². The van der Waals surface area contributed by atoms with Crippen molar-refractivity contribution in [1.29, 1.82) is 0 Å². The van der Waals surface area contributed by atoms with Gasteiger partial charge in [0.25, 0.3) is 0 Å². The van der Waals surface area contributed by atoms with Crippen LogP contribution in [-0.2, 0) is 12.0 Å². The maximum absolute atomic E-state index is 3.49. The molecule has 1 aromatic carbocycles. The van der Waals surface area contributed by atoms with E-state index in [1.807, 2.05) is 0 Å². The Morgan fingerprint density at radius 3 is 1.94 bits per heavy atom. The van der Waals surface area contributed by atoms with Gasteiger partial charge in [0, 0.05) is 6.54 Å². The lowest BCUT2D eigenvalue weighted by atomic mass is 9.84. The highest BCUT2D eigenvalue weighted by atomic mass is 79.9. The summed E-state index contributed by atoms with van der Waals surface area (Å²) in [7, 11) is 2.13. The molecule has 0 aromatic heterocycles. The van der Waals surface area contributed by atoms with E-state index in [1.54, 1.807) is 0 Å². The van der Waals surface area contributed by atoms with Crippen LogP contribution in [0.1, 0.15) is 43.0 Å². The fraction of sp³-hybridized carbons (Fsp3) is 0.600. The Hall–Kier alpha value is -0.340. The van der Waals surface area contributed by atoms with Crippen molar-refractivity contribution in [1.82, 2.24) is 4.90 Å². The third-order valence-corrected chi connectivity index (χ3v) is 4.05. The van der Waals surface area contributed by atoms with E-state index in [0.717, 1.165) is 12.0 Å². The highest BCUT2D eigenvalue weighted by molar-refractivity contribution is 9.09. The van der Waals surface area contributed by atoms with Gasteiger partial charge in [-0.05, 0) is 48.6 Å². The van der Waals surface area contributed by atoms with E-state index < -0.39 is 0 Å². The summed E-state index contributed by atoms with van der Waals surface area (Å²) >= 11 is 3.49. The van der Waals surface area contributed by atoms with Crippen LogP contribution < -0.4 is 0 Å². The van der Waals surface area contributed by atoms with E-state index in [4.69, 9.17) is 0 Å². The topological polar surface area (TPSA) is 3.24 Å². The minimum Gasteiger partial charge on any atom is -0.292 e. The number of hydrogen-bond acceptors (Lipinski definition) is 1. The van der Waals surface area contributed by atoms with Crippen LogP contribution in [0.4, 0.5) is 0 Å². The van der Waals surface area contributed by atoms with Gasteiger partial charge in [-0.1, -0.05) is 48.8 Å². The molecule has 0 fully saturated rings. The first-order chi connectivity index (χ1) is 7.75. The Morgan fingerprint density at radius 2 is 1.59 bits per heavy atom.